The van der Waals surface area contributed by atoms with Crippen molar-refractivity contribution in [2.24, 2.45) is 0 Å². The third kappa shape index (κ3) is 4.58. The Bertz CT molecular complexity index is 429. The highest BCUT2D eigenvalue weighted by atomic mass is 79.9. The molecule has 5 heteroatoms. The summed E-state index contributed by atoms with van der Waals surface area (Å²) in [4.78, 5) is 14.4. The fourth-order valence-corrected chi connectivity index (χ4v) is 2.83. The molecule has 2 N–H and O–H groups in total. The molecule has 1 amide bonds. The van der Waals surface area contributed by atoms with Gasteiger partial charge in [0.1, 0.15) is 0 Å². The van der Waals surface area contributed by atoms with E-state index in [9.17, 15) is 4.79 Å². The summed E-state index contributed by atoms with van der Waals surface area (Å²) in [6.45, 7) is 5.55. The second-order valence-corrected chi connectivity index (χ2v) is 6.03. The van der Waals surface area contributed by atoms with Crippen LogP contribution < -0.4 is 10.6 Å². The topological polar surface area (TPSA) is 44.4 Å². The average molecular weight is 340 g/mol. The first-order valence-corrected chi connectivity index (χ1v) is 7.98. The van der Waals surface area contributed by atoms with Gasteiger partial charge in [-0.15, -0.1) is 0 Å². The number of hydrogen-bond acceptors (Lipinski definition) is 3. The van der Waals surface area contributed by atoms with Gasteiger partial charge in [0.2, 0.25) is 5.91 Å². The Balaban J connectivity index is 1.86. The summed E-state index contributed by atoms with van der Waals surface area (Å²) in [7, 11) is 0. The van der Waals surface area contributed by atoms with Crippen molar-refractivity contribution in [3.8, 4) is 0 Å². The summed E-state index contributed by atoms with van der Waals surface area (Å²) >= 11 is 3.39. The summed E-state index contributed by atoms with van der Waals surface area (Å²) in [5.41, 5.74) is 0.844. The van der Waals surface area contributed by atoms with Crippen LogP contribution in [0.15, 0.2) is 28.7 Å². The summed E-state index contributed by atoms with van der Waals surface area (Å²) in [5.74, 6) is 0.0553. The lowest BCUT2D eigenvalue weighted by Gasteiger charge is -2.33. The molecule has 0 aliphatic carbocycles. The Morgan fingerprint density at radius 1 is 1.45 bits per heavy atom. The van der Waals surface area contributed by atoms with Gasteiger partial charge in [0.15, 0.2) is 0 Å². The monoisotopic (exact) mass is 339 g/mol. The molecule has 1 aromatic rings. The number of likely N-dealkylation sites (N-methyl/N-ethyl adjacent to an activating group) is 1. The van der Waals surface area contributed by atoms with Gasteiger partial charge in [0, 0.05) is 22.7 Å². The van der Waals surface area contributed by atoms with Crippen LogP contribution in [-0.4, -0.2) is 43.0 Å². The van der Waals surface area contributed by atoms with Crippen molar-refractivity contribution >= 4 is 27.5 Å². The van der Waals surface area contributed by atoms with Gasteiger partial charge in [0.05, 0.1) is 6.54 Å². The van der Waals surface area contributed by atoms with E-state index in [1.807, 2.05) is 24.3 Å². The molecule has 0 aromatic heterocycles. The van der Waals surface area contributed by atoms with Gasteiger partial charge in [-0.05, 0) is 50.2 Å². The molecule has 0 spiro atoms. The molecule has 1 atom stereocenters. The van der Waals surface area contributed by atoms with Crippen LogP contribution in [0.4, 0.5) is 5.69 Å². The van der Waals surface area contributed by atoms with E-state index < -0.39 is 0 Å². The Labute approximate surface area is 129 Å². The van der Waals surface area contributed by atoms with Crippen LogP contribution in [0.3, 0.4) is 0 Å². The Morgan fingerprint density at radius 2 is 2.20 bits per heavy atom. The third-order valence-corrected chi connectivity index (χ3v) is 4.20. The quantitative estimate of drug-likeness (QED) is 0.866. The van der Waals surface area contributed by atoms with Gasteiger partial charge < -0.3 is 10.6 Å². The molecule has 20 heavy (non-hydrogen) atoms. The van der Waals surface area contributed by atoms with Crippen molar-refractivity contribution in [3.63, 3.8) is 0 Å². The molecular formula is C15H22BrN3O. The summed E-state index contributed by atoms with van der Waals surface area (Å²) in [6.07, 6.45) is 2.36. The maximum absolute atomic E-state index is 12.1. The van der Waals surface area contributed by atoms with Crippen LogP contribution in [0.25, 0.3) is 0 Å². The Kier molecular flexibility index (Phi) is 6.01. The van der Waals surface area contributed by atoms with Crippen LogP contribution >= 0.6 is 15.9 Å². The molecule has 1 fully saturated rings. The zero-order chi connectivity index (χ0) is 14.4. The first-order chi connectivity index (χ1) is 9.69. The van der Waals surface area contributed by atoms with Gasteiger partial charge in [-0.25, -0.2) is 0 Å². The fraction of sp³-hybridized carbons (Fsp3) is 0.533. The molecule has 0 saturated carbocycles. The molecule has 0 bridgehead atoms. The second-order valence-electron chi connectivity index (χ2n) is 5.12. The van der Waals surface area contributed by atoms with Crippen molar-refractivity contribution < 1.29 is 4.79 Å². The van der Waals surface area contributed by atoms with Gasteiger partial charge >= 0.3 is 0 Å². The molecule has 0 radical (unpaired) electrons. The molecule has 1 aliphatic heterocycles. The van der Waals surface area contributed by atoms with E-state index in [-0.39, 0.29) is 5.91 Å². The molecular weight excluding hydrogens is 318 g/mol. The molecule has 110 valence electrons. The molecule has 1 unspecified atom stereocenters. The van der Waals surface area contributed by atoms with E-state index in [4.69, 9.17) is 0 Å². The van der Waals surface area contributed by atoms with Gasteiger partial charge in [-0.2, -0.15) is 0 Å². The molecule has 2 rings (SSSR count). The maximum atomic E-state index is 12.1. The molecule has 1 saturated heterocycles. The van der Waals surface area contributed by atoms with E-state index >= 15 is 0 Å². The number of benzene rings is 1. The summed E-state index contributed by atoms with van der Waals surface area (Å²) < 4.78 is 1.01. The number of anilines is 1. The smallest absolute Gasteiger partial charge is 0.238 e. The van der Waals surface area contributed by atoms with Crippen molar-refractivity contribution in [1.82, 2.24) is 10.2 Å². The molecule has 1 aliphatic rings. The second kappa shape index (κ2) is 7.76. The molecule has 4 nitrogen and oxygen atoms in total. The number of amides is 1. The largest absolute Gasteiger partial charge is 0.325 e. The SMILES string of the molecule is CCN(CC(=O)Nc1ccc(Br)cc1)C1CCCNC1. The Morgan fingerprint density at radius 3 is 2.80 bits per heavy atom. The number of halogens is 1. The van der Waals surface area contributed by atoms with Crippen molar-refractivity contribution in [3.05, 3.63) is 28.7 Å². The zero-order valence-corrected chi connectivity index (χ0v) is 13.4. The first kappa shape index (κ1) is 15.5. The van der Waals surface area contributed by atoms with Crippen LogP contribution in [0.2, 0.25) is 0 Å². The van der Waals surface area contributed by atoms with Gasteiger partial charge in [-0.3, -0.25) is 9.69 Å². The van der Waals surface area contributed by atoms with E-state index in [1.54, 1.807) is 0 Å². The highest BCUT2D eigenvalue weighted by Gasteiger charge is 2.21. The van der Waals surface area contributed by atoms with E-state index in [0.29, 0.717) is 12.6 Å². The van der Waals surface area contributed by atoms with E-state index in [1.165, 1.54) is 12.8 Å². The minimum atomic E-state index is 0.0553. The predicted molar refractivity (Wildman–Crippen MR) is 85.9 cm³/mol. The van der Waals surface area contributed by atoms with Crippen LogP contribution in [0.5, 0.6) is 0 Å². The number of carbonyl (C=O) groups is 1. The third-order valence-electron chi connectivity index (χ3n) is 3.67. The lowest BCUT2D eigenvalue weighted by Crippen LogP contribution is -2.48. The number of hydrogen-bond donors (Lipinski definition) is 2. The highest BCUT2D eigenvalue weighted by molar-refractivity contribution is 9.10. The van der Waals surface area contributed by atoms with Crippen molar-refractivity contribution in [2.75, 3.05) is 31.5 Å². The molecule has 1 aromatic carbocycles. The average Bonchev–Trinajstić information content (AvgIpc) is 2.48. The number of rotatable bonds is 5. The first-order valence-electron chi connectivity index (χ1n) is 7.19. The molecule has 1 heterocycles. The van der Waals surface area contributed by atoms with E-state index in [2.05, 4.69) is 38.4 Å². The summed E-state index contributed by atoms with van der Waals surface area (Å²) in [5, 5.41) is 6.35. The normalized spacial score (nSPS) is 19.1. The minimum Gasteiger partial charge on any atom is -0.325 e. The maximum Gasteiger partial charge on any atom is 0.238 e. The minimum absolute atomic E-state index is 0.0553. The highest BCUT2D eigenvalue weighted by Crippen LogP contribution is 2.15. The van der Waals surface area contributed by atoms with Gasteiger partial charge in [-0.1, -0.05) is 22.9 Å². The van der Waals surface area contributed by atoms with Crippen LogP contribution in [0, 0.1) is 0 Å². The fourth-order valence-electron chi connectivity index (χ4n) is 2.56. The number of nitrogens with one attached hydrogen (secondary N) is 2. The zero-order valence-electron chi connectivity index (χ0n) is 11.9. The lowest BCUT2D eigenvalue weighted by atomic mass is 10.1. The lowest BCUT2D eigenvalue weighted by molar-refractivity contribution is -0.117. The van der Waals surface area contributed by atoms with Gasteiger partial charge in [0.25, 0.3) is 0 Å². The number of piperidine rings is 1. The van der Waals surface area contributed by atoms with E-state index in [0.717, 1.165) is 29.8 Å². The van der Waals surface area contributed by atoms with Crippen molar-refractivity contribution in [2.45, 2.75) is 25.8 Å². The predicted octanol–water partition coefficient (Wildman–Crippen LogP) is 2.46. The van der Waals surface area contributed by atoms with Crippen LogP contribution in [-0.2, 0) is 4.79 Å². The van der Waals surface area contributed by atoms with Crippen molar-refractivity contribution in [1.29, 1.82) is 0 Å². The number of nitrogens with zero attached hydrogens (tertiary/aromatic N) is 1. The van der Waals surface area contributed by atoms with Crippen LogP contribution in [0.1, 0.15) is 19.8 Å². The Hall–Kier alpha value is -0.910. The summed E-state index contributed by atoms with van der Waals surface area (Å²) in [6, 6.07) is 8.14. The standard InChI is InChI=1S/C15H22BrN3O/c1-2-19(14-4-3-9-17-10-14)11-15(20)18-13-7-5-12(16)6-8-13/h5-8,14,17H,2-4,9-11H2,1H3,(H,18,20). The number of carbonyl (C=O) groups excluding carboxylic acids is 1.